The quantitative estimate of drug-likeness (QED) is 0.543. The van der Waals surface area contributed by atoms with E-state index in [1.54, 1.807) is 18.9 Å². The van der Waals surface area contributed by atoms with Gasteiger partial charge < -0.3 is 19.1 Å². The molecule has 0 aromatic heterocycles. The number of benzene rings is 2. The summed E-state index contributed by atoms with van der Waals surface area (Å²) < 4.78 is 15.2. The number of hydrogen-bond donors (Lipinski definition) is 0. The number of thioether (sulfide) groups is 2. The van der Waals surface area contributed by atoms with Crippen molar-refractivity contribution in [3.63, 3.8) is 0 Å². The molecule has 0 N–H and O–H groups in total. The number of methoxy groups -OCH3 is 3. The highest BCUT2D eigenvalue weighted by Gasteiger charge is 2.71. The molecule has 1 aliphatic carbocycles. The molecule has 2 aromatic rings. The van der Waals surface area contributed by atoms with Crippen LogP contribution in [0.4, 0.5) is 5.69 Å². The molecule has 7 nitrogen and oxygen atoms in total. The molecule has 0 amide bonds. The van der Waals surface area contributed by atoms with E-state index in [2.05, 4.69) is 0 Å². The second-order valence-electron chi connectivity index (χ2n) is 8.82. The SMILES string of the molecule is COC(=O)[C@@H]1N(c2ccc(OC)cc2)[C@H](C(=O)OC)S[C@@]12SC(c1ccccc1)=NC21CCCC1. The van der Waals surface area contributed by atoms with E-state index in [9.17, 15) is 9.59 Å². The number of carbonyl (C=O) groups is 2. The molecule has 0 bridgehead atoms. The lowest BCUT2D eigenvalue weighted by molar-refractivity contribution is -0.143. The van der Waals surface area contributed by atoms with Gasteiger partial charge in [-0.15, -0.1) is 11.8 Å². The molecule has 0 unspecified atom stereocenters. The van der Waals surface area contributed by atoms with Crippen LogP contribution in [0.25, 0.3) is 0 Å². The normalized spacial score (nSPS) is 26.7. The topological polar surface area (TPSA) is 77.4 Å². The fourth-order valence-electron chi connectivity index (χ4n) is 5.39. The van der Waals surface area contributed by atoms with Crippen molar-refractivity contribution in [3.05, 3.63) is 60.2 Å². The van der Waals surface area contributed by atoms with E-state index in [0.29, 0.717) is 5.75 Å². The molecule has 184 valence electrons. The van der Waals surface area contributed by atoms with Crippen LogP contribution >= 0.6 is 23.5 Å². The third-order valence-corrected chi connectivity index (χ3v) is 10.6. The summed E-state index contributed by atoms with van der Waals surface area (Å²) in [5.74, 6) is -0.0988. The Balaban J connectivity index is 1.68. The molecule has 3 aliphatic rings. The van der Waals surface area contributed by atoms with Crippen LogP contribution in [-0.2, 0) is 19.1 Å². The van der Waals surface area contributed by atoms with Crippen molar-refractivity contribution in [1.29, 1.82) is 0 Å². The van der Waals surface area contributed by atoms with Gasteiger partial charge in [-0.1, -0.05) is 54.9 Å². The van der Waals surface area contributed by atoms with Crippen LogP contribution in [0.5, 0.6) is 5.75 Å². The summed E-state index contributed by atoms with van der Waals surface area (Å²) in [7, 11) is 4.39. The number of hydrogen-bond acceptors (Lipinski definition) is 9. The van der Waals surface area contributed by atoms with E-state index in [4.69, 9.17) is 19.2 Å². The molecule has 2 heterocycles. The Kier molecular flexibility index (Phi) is 6.48. The third kappa shape index (κ3) is 3.80. The second-order valence-corrected chi connectivity index (χ2v) is 11.6. The molecule has 35 heavy (non-hydrogen) atoms. The maximum absolute atomic E-state index is 13.6. The molecule has 0 radical (unpaired) electrons. The minimum atomic E-state index is -0.749. The van der Waals surface area contributed by atoms with Gasteiger partial charge in [0.05, 0.1) is 31.9 Å². The van der Waals surface area contributed by atoms with E-state index in [1.807, 2.05) is 59.5 Å². The molecule has 1 saturated heterocycles. The molecule has 1 saturated carbocycles. The molecule has 5 rings (SSSR count). The summed E-state index contributed by atoms with van der Waals surface area (Å²) >= 11 is 3.08. The van der Waals surface area contributed by atoms with Crippen molar-refractivity contribution in [2.45, 2.75) is 46.7 Å². The minimum absolute atomic E-state index is 0.386. The van der Waals surface area contributed by atoms with Gasteiger partial charge in [0.15, 0.2) is 11.4 Å². The monoisotopic (exact) mass is 512 g/mol. The summed E-state index contributed by atoms with van der Waals surface area (Å²) in [5.41, 5.74) is 1.24. The van der Waals surface area contributed by atoms with E-state index in [1.165, 1.54) is 26.0 Å². The van der Waals surface area contributed by atoms with E-state index < -0.39 is 27.0 Å². The number of aliphatic imine (C=N–C) groups is 1. The third-order valence-electron chi connectivity index (χ3n) is 7.04. The largest absolute Gasteiger partial charge is 0.497 e. The number of fused-ring (bicyclic) bond motifs is 1. The van der Waals surface area contributed by atoms with Crippen LogP contribution in [0, 0.1) is 0 Å². The summed E-state index contributed by atoms with van der Waals surface area (Å²) in [4.78, 5) is 33.9. The molecule has 2 aromatic carbocycles. The minimum Gasteiger partial charge on any atom is -0.497 e. The molecule has 2 aliphatic heterocycles. The average Bonchev–Trinajstić information content (AvgIpc) is 3.61. The Hall–Kier alpha value is -2.65. The number of rotatable bonds is 5. The van der Waals surface area contributed by atoms with Gasteiger partial charge in [0.25, 0.3) is 0 Å². The predicted molar refractivity (Wildman–Crippen MR) is 139 cm³/mol. The fraction of sp³-hybridized carbons (Fsp3) is 0.423. The van der Waals surface area contributed by atoms with Gasteiger partial charge in [-0.25, -0.2) is 9.59 Å². The highest BCUT2D eigenvalue weighted by atomic mass is 32.2. The second kappa shape index (κ2) is 9.43. The highest BCUT2D eigenvalue weighted by molar-refractivity contribution is 8.27. The number of anilines is 1. The number of nitrogens with zero attached hydrogens (tertiary/aromatic N) is 2. The van der Waals surface area contributed by atoms with Crippen molar-refractivity contribution in [2.24, 2.45) is 4.99 Å². The first-order valence-corrected chi connectivity index (χ1v) is 13.3. The van der Waals surface area contributed by atoms with Crippen LogP contribution in [0.1, 0.15) is 31.2 Å². The van der Waals surface area contributed by atoms with Crippen molar-refractivity contribution in [2.75, 3.05) is 26.2 Å². The van der Waals surface area contributed by atoms with Crippen molar-refractivity contribution >= 4 is 46.2 Å². The Morgan fingerprint density at radius 2 is 1.60 bits per heavy atom. The fourth-order valence-corrected chi connectivity index (χ4v) is 9.30. The van der Waals surface area contributed by atoms with Gasteiger partial charge in [-0.3, -0.25) is 4.99 Å². The van der Waals surface area contributed by atoms with Crippen LogP contribution < -0.4 is 9.64 Å². The Morgan fingerprint density at radius 3 is 2.20 bits per heavy atom. The molecular formula is C26H28N2O5S2. The zero-order chi connectivity index (χ0) is 24.6. The standard InChI is InChI=1S/C26H28N2O5S2/c1-31-19-13-11-18(12-14-19)28-20(23(29)32-2)26(35-22(28)24(30)33-3)25(15-7-8-16-25)27-21(34-26)17-9-5-4-6-10-17/h4-6,9-14,20,22H,7-8,15-16H2,1-3H3/t20-,22-,26-/m0/s1. The van der Waals surface area contributed by atoms with Gasteiger partial charge in [-0.2, -0.15) is 0 Å². The maximum atomic E-state index is 13.6. The van der Waals surface area contributed by atoms with Crippen molar-refractivity contribution in [3.8, 4) is 5.75 Å². The lowest BCUT2D eigenvalue weighted by Gasteiger charge is -2.41. The maximum Gasteiger partial charge on any atom is 0.339 e. The van der Waals surface area contributed by atoms with Crippen LogP contribution in [0.3, 0.4) is 0 Å². The number of ether oxygens (including phenoxy) is 3. The van der Waals surface area contributed by atoms with Gasteiger partial charge in [-0.05, 0) is 37.1 Å². The van der Waals surface area contributed by atoms with Crippen LogP contribution in [-0.4, -0.2) is 59.3 Å². The first-order valence-electron chi connectivity index (χ1n) is 11.6. The van der Waals surface area contributed by atoms with E-state index >= 15 is 0 Å². The average molecular weight is 513 g/mol. The summed E-state index contributed by atoms with van der Waals surface area (Å²) in [6, 6.07) is 16.7. The summed E-state index contributed by atoms with van der Waals surface area (Å²) in [5, 5.41) is 0.168. The Labute approximate surface area is 213 Å². The van der Waals surface area contributed by atoms with Gasteiger partial charge >= 0.3 is 11.9 Å². The zero-order valence-electron chi connectivity index (χ0n) is 19.9. The van der Waals surface area contributed by atoms with Gasteiger partial charge in [0.1, 0.15) is 9.83 Å². The lowest BCUT2D eigenvalue weighted by atomic mass is 9.87. The smallest absolute Gasteiger partial charge is 0.339 e. The molecule has 3 atom stereocenters. The van der Waals surface area contributed by atoms with E-state index in [0.717, 1.165) is 42.0 Å². The van der Waals surface area contributed by atoms with Crippen molar-refractivity contribution < 1.29 is 23.8 Å². The summed E-state index contributed by atoms with van der Waals surface area (Å²) in [6.45, 7) is 0. The van der Waals surface area contributed by atoms with Gasteiger partial charge in [0.2, 0.25) is 0 Å². The van der Waals surface area contributed by atoms with Crippen molar-refractivity contribution in [1.82, 2.24) is 0 Å². The highest BCUT2D eigenvalue weighted by Crippen LogP contribution is 2.67. The predicted octanol–water partition coefficient (Wildman–Crippen LogP) is 4.49. The Morgan fingerprint density at radius 1 is 0.943 bits per heavy atom. The molecule has 9 heteroatoms. The Bertz CT molecular complexity index is 1130. The number of esters is 2. The van der Waals surface area contributed by atoms with E-state index in [-0.39, 0.29) is 5.97 Å². The first kappa shape index (κ1) is 24.1. The molecule has 2 fully saturated rings. The molecular weight excluding hydrogens is 484 g/mol. The lowest BCUT2D eigenvalue weighted by Crippen LogP contribution is -2.58. The van der Waals surface area contributed by atoms with Crippen LogP contribution in [0.2, 0.25) is 0 Å². The summed E-state index contributed by atoms with van der Waals surface area (Å²) in [6.07, 6.45) is 3.74. The van der Waals surface area contributed by atoms with Gasteiger partial charge in [0, 0.05) is 11.3 Å². The van der Waals surface area contributed by atoms with Crippen LogP contribution in [0.15, 0.2) is 59.6 Å². The first-order chi connectivity index (χ1) is 17.0. The molecule has 2 spiro atoms. The number of carbonyl (C=O) groups excluding carboxylic acids is 2. The zero-order valence-corrected chi connectivity index (χ0v) is 21.6.